The Morgan fingerprint density at radius 1 is 1.29 bits per heavy atom. The van der Waals surface area contributed by atoms with Gasteiger partial charge in [-0.15, -0.1) is 0 Å². The molecule has 0 bridgehead atoms. The normalized spacial score (nSPS) is 12.0. The summed E-state index contributed by atoms with van der Waals surface area (Å²) in [4.78, 5) is 11.2. The molecule has 0 radical (unpaired) electrons. The molecule has 0 aliphatic heterocycles. The molecule has 2 N–H and O–H groups in total. The summed E-state index contributed by atoms with van der Waals surface area (Å²) in [5, 5.41) is 12.5. The summed E-state index contributed by atoms with van der Waals surface area (Å²) in [7, 11) is 1.56. The molecule has 0 amide bonds. The van der Waals surface area contributed by atoms with E-state index in [9.17, 15) is 4.79 Å². The van der Waals surface area contributed by atoms with E-state index < -0.39 is 12.1 Å². The largest absolute Gasteiger partial charge is 0.493 e. The van der Waals surface area contributed by atoms with E-state index in [1.165, 1.54) is 0 Å². The van der Waals surface area contributed by atoms with Gasteiger partial charge in [-0.05, 0) is 37.1 Å². The third-order valence-electron chi connectivity index (χ3n) is 3.08. The van der Waals surface area contributed by atoms with Crippen LogP contribution in [0.25, 0.3) is 0 Å². The Hall–Kier alpha value is -1.75. The Labute approximate surface area is 126 Å². The number of hydrogen-bond donors (Lipinski definition) is 2. The second kappa shape index (κ2) is 9.23. The molecule has 0 aliphatic carbocycles. The van der Waals surface area contributed by atoms with Gasteiger partial charge in [0.15, 0.2) is 17.6 Å². The summed E-state index contributed by atoms with van der Waals surface area (Å²) in [6.45, 7) is 5.75. The second-order valence-corrected chi connectivity index (χ2v) is 4.90. The van der Waals surface area contributed by atoms with Crippen molar-refractivity contribution in [1.82, 2.24) is 5.32 Å². The number of benzene rings is 1. The zero-order valence-corrected chi connectivity index (χ0v) is 13.0. The maximum Gasteiger partial charge on any atom is 0.344 e. The summed E-state index contributed by atoms with van der Waals surface area (Å²) >= 11 is 0. The minimum Gasteiger partial charge on any atom is -0.493 e. The fourth-order valence-electron chi connectivity index (χ4n) is 1.98. The van der Waals surface area contributed by atoms with Gasteiger partial charge in [0.25, 0.3) is 0 Å². The van der Waals surface area contributed by atoms with Gasteiger partial charge >= 0.3 is 5.97 Å². The van der Waals surface area contributed by atoms with Crippen LogP contribution in [0, 0.1) is 0 Å². The molecule has 0 spiro atoms. The minimum atomic E-state index is -0.951. The highest BCUT2D eigenvalue weighted by Crippen LogP contribution is 2.29. The molecule has 5 nitrogen and oxygen atoms in total. The predicted octanol–water partition coefficient (Wildman–Crippen LogP) is 2.83. The lowest BCUT2D eigenvalue weighted by atomic mass is 10.2. The van der Waals surface area contributed by atoms with Gasteiger partial charge in [0.05, 0.1) is 7.11 Å². The number of aliphatic carboxylic acids is 1. The average Bonchev–Trinajstić information content (AvgIpc) is 2.48. The summed E-state index contributed by atoms with van der Waals surface area (Å²) in [5.74, 6) is 0.0818. The van der Waals surface area contributed by atoms with Gasteiger partial charge in [-0.3, -0.25) is 0 Å². The number of ether oxygens (including phenoxy) is 2. The SMILES string of the molecule is CCCNCc1ccc(OC(CCC)C(=O)O)c(OC)c1. The van der Waals surface area contributed by atoms with E-state index in [2.05, 4.69) is 12.2 Å². The molecule has 0 saturated carbocycles. The molecule has 0 fully saturated rings. The molecule has 118 valence electrons. The lowest BCUT2D eigenvalue weighted by molar-refractivity contribution is -0.145. The average molecular weight is 295 g/mol. The number of carboxylic acid groups (broad SMARTS) is 1. The van der Waals surface area contributed by atoms with Crippen LogP contribution in [0.1, 0.15) is 38.7 Å². The van der Waals surface area contributed by atoms with Crippen LogP contribution in [0.15, 0.2) is 18.2 Å². The van der Waals surface area contributed by atoms with Gasteiger partial charge < -0.3 is 19.9 Å². The van der Waals surface area contributed by atoms with Gasteiger partial charge in [0.2, 0.25) is 0 Å². The monoisotopic (exact) mass is 295 g/mol. The van der Waals surface area contributed by atoms with Crippen LogP contribution in [0.4, 0.5) is 0 Å². The van der Waals surface area contributed by atoms with E-state index in [-0.39, 0.29) is 0 Å². The number of rotatable bonds is 10. The van der Waals surface area contributed by atoms with E-state index in [1.54, 1.807) is 13.2 Å². The highest BCUT2D eigenvalue weighted by atomic mass is 16.5. The molecular weight excluding hydrogens is 270 g/mol. The van der Waals surface area contributed by atoms with Crippen LogP contribution in [0.3, 0.4) is 0 Å². The van der Waals surface area contributed by atoms with Crippen LogP contribution in [0.2, 0.25) is 0 Å². The molecule has 0 aromatic heterocycles. The zero-order valence-electron chi connectivity index (χ0n) is 13.0. The summed E-state index contributed by atoms with van der Waals surface area (Å²) in [5.41, 5.74) is 1.08. The van der Waals surface area contributed by atoms with Gasteiger partial charge in [0, 0.05) is 6.54 Å². The van der Waals surface area contributed by atoms with Crippen LogP contribution in [-0.4, -0.2) is 30.8 Å². The maximum atomic E-state index is 11.2. The van der Waals surface area contributed by atoms with E-state index in [0.717, 1.165) is 31.5 Å². The van der Waals surface area contributed by atoms with Crippen molar-refractivity contribution in [1.29, 1.82) is 0 Å². The van der Waals surface area contributed by atoms with E-state index in [1.807, 2.05) is 19.1 Å². The topological polar surface area (TPSA) is 67.8 Å². The number of nitrogens with one attached hydrogen (secondary N) is 1. The Balaban J connectivity index is 2.79. The van der Waals surface area contributed by atoms with Crippen LogP contribution < -0.4 is 14.8 Å². The van der Waals surface area contributed by atoms with Gasteiger partial charge in [-0.1, -0.05) is 26.3 Å². The number of methoxy groups -OCH3 is 1. The van der Waals surface area contributed by atoms with Crippen LogP contribution in [0.5, 0.6) is 11.5 Å². The highest BCUT2D eigenvalue weighted by molar-refractivity contribution is 5.72. The smallest absolute Gasteiger partial charge is 0.344 e. The molecular formula is C16H25NO4. The summed E-state index contributed by atoms with van der Waals surface area (Å²) < 4.78 is 10.9. The van der Waals surface area contributed by atoms with E-state index >= 15 is 0 Å². The van der Waals surface area contributed by atoms with Crippen LogP contribution in [-0.2, 0) is 11.3 Å². The highest BCUT2D eigenvalue weighted by Gasteiger charge is 2.20. The Morgan fingerprint density at radius 3 is 2.62 bits per heavy atom. The molecule has 1 atom stereocenters. The minimum absolute atomic E-state index is 0.470. The Bertz CT molecular complexity index is 448. The Morgan fingerprint density at radius 2 is 2.05 bits per heavy atom. The summed E-state index contributed by atoms with van der Waals surface area (Å²) in [6, 6.07) is 5.57. The maximum absolute atomic E-state index is 11.2. The molecule has 1 rings (SSSR count). The van der Waals surface area contributed by atoms with Crippen molar-refractivity contribution < 1.29 is 19.4 Å². The van der Waals surface area contributed by atoms with Crippen molar-refractivity contribution in [2.75, 3.05) is 13.7 Å². The second-order valence-electron chi connectivity index (χ2n) is 4.90. The molecule has 5 heteroatoms. The first-order valence-electron chi connectivity index (χ1n) is 7.39. The molecule has 1 aromatic rings. The predicted molar refractivity (Wildman–Crippen MR) is 82.0 cm³/mol. The molecule has 1 aromatic carbocycles. The van der Waals surface area contributed by atoms with Crippen molar-refractivity contribution in [3.8, 4) is 11.5 Å². The first-order chi connectivity index (χ1) is 10.1. The standard InChI is InChI=1S/C16H25NO4/c1-4-6-14(16(18)19)21-13-8-7-12(10-15(13)20-3)11-17-9-5-2/h7-8,10,14,17H,4-6,9,11H2,1-3H3,(H,18,19). The number of hydrogen-bond acceptors (Lipinski definition) is 4. The molecule has 0 heterocycles. The first kappa shape index (κ1) is 17.3. The van der Waals surface area contributed by atoms with Crippen LogP contribution >= 0.6 is 0 Å². The van der Waals surface area contributed by atoms with Crippen molar-refractivity contribution in [3.05, 3.63) is 23.8 Å². The van der Waals surface area contributed by atoms with Crippen molar-refractivity contribution in [2.24, 2.45) is 0 Å². The number of carbonyl (C=O) groups is 1. The van der Waals surface area contributed by atoms with Crippen molar-refractivity contribution in [2.45, 2.75) is 45.8 Å². The van der Waals surface area contributed by atoms with Crippen molar-refractivity contribution in [3.63, 3.8) is 0 Å². The third kappa shape index (κ3) is 5.63. The van der Waals surface area contributed by atoms with E-state index in [4.69, 9.17) is 14.6 Å². The lowest BCUT2D eigenvalue weighted by Crippen LogP contribution is -2.26. The zero-order chi connectivity index (χ0) is 15.7. The molecule has 21 heavy (non-hydrogen) atoms. The number of carboxylic acids is 1. The molecule has 0 saturated heterocycles. The van der Waals surface area contributed by atoms with E-state index in [0.29, 0.717) is 17.9 Å². The fraction of sp³-hybridized carbons (Fsp3) is 0.562. The van der Waals surface area contributed by atoms with Crippen molar-refractivity contribution >= 4 is 5.97 Å². The molecule has 1 unspecified atom stereocenters. The van der Waals surface area contributed by atoms with Gasteiger partial charge in [0.1, 0.15) is 0 Å². The summed E-state index contributed by atoms with van der Waals surface area (Å²) in [6.07, 6.45) is 1.46. The molecule has 0 aliphatic rings. The Kier molecular flexibility index (Phi) is 7.61. The third-order valence-corrected chi connectivity index (χ3v) is 3.08. The van der Waals surface area contributed by atoms with Gasteiger partial charge in [-0.2, -0.15) is 0 Å². The van der Waals surface area contributed by atoms with Gasteiger partial charge in [-0.25, -0.2) is 4.79 Å². The first-order valence-corrected chi connectivity index (χ1v) is 7.39. The quantitative estimate of drug-likeness (QED) is 0.650. The fourth-order valence-corrected chi connectivity index (χ4v) is 1.98. The lowest BCUT2D eigenvalue weighted by Gasteiger charge is -2.17.